The predicted molar refractivity (Wildman–Crippen MR) is 95.7 cm³/mol. The molecule has 0 bridgehead atoms. The lowest BCUT2D eigenvalue weighted by atomic mass is 10.1. The molecule has 0 aromatic heterocycles. The summed E-state index contributed by atoms with van der Waals surface area (Å²) in [5, 5.41) is 13.8. The molecular weight excluding hydrogens is 288 g/mol. The largest absolute Gasteiger partial charge is 0.507 e. The summed E-state index contributed by atoms with van der Waals surface area (Å²) >= 11 is 0. The molecule has 4 nitrogen and oxygen atoms in total. The number of phenolic OH excluding ortho intramolecular Hbond substituents is 1. The minimum atomic E-state index is -0.0641. The third kappa shape index (κ3) is 8.38. The van der Waals surface area contributed by atoms with Crippen molar-refractivity contribution in [1.82, 2.24) is 5.43 Å². The minimum absolute atomic E-state index is 0.0641. The Bertz CT molecular complexity index is 498. The maximum absolute atomic E-state index is 11.8. The van der Waals surface area contributed by atoms with Crippen LogP contribution >= 0.6 is 0 Å². The van der Waals surface area contributed by atoms with Gasteiger partial charge in [0, 0.05) is 12.0 Å². The van der Waals surface area contributed by atoms with Crippen LogP contribution in [0.15, 0.2) is 29.4 Å². The number of nitrogens with zero attached hydrogens (tertiary/aromatic N) is 1. The van der Waals surface area contributed by atoms with Crippen LogP contribution in [-0.4, -0.2) is 16.7 Å². The molecule has 1 rings (SSSR count). The van der Waals surface area contributed by atoms with Crippen LogP contribution in [0.3, 0.4) is 0 Å². The highest BCUT2D eigenvalue weighted by Crippen LogP contribution is 2.16. The first-order valence-corrected chi connectivity index (χ1v) is 8.76. The van der Waals surface area contributed by atoms with Crippen LogP contribution in [0, 0.1) is 0 Å². The van der Waals surface area contributed by atoms with Gasteiger partial charge in [-0.05, 0) is 25.5 Å². The number of hydrazone groups is 1. The van der Waals surface area contributed by atoms with Crippen molar-refractivity contribution < 1.29 is 9.90 Å². The van der Waals surface area contributed by atoms with E-state index < -0.39 is 0 Å². The Morgan fingerprint density at radius 3 is 2.30 bits per heavy atom. The highest BCUT2D eigenvalue weighted by Gasteiger charge is 2.04. The monoisotopic (exact) mass is 318 g/mol. The number of nitrogens with one attached hydrogen (secondary N) is 1. The Balaban J connectivity index is 2.17. The van der Waals surface area contributed by atoms with Gasteiger partial charge in [0.2, 0.25) is 5.91 Å². The van der Waals surface area contributed by atoms with Crippen molar-refractivity contribution in [1.29, 1.82) is 0 Å². The fourth-order valence-corrected chi connectivity index (χ4v) is 2.46. The van der Waals surface area contributed by atoms with Crippen molar-refractivity contribution >= 4 is 11.6 Å². The highest BCUT2D eigenvalue weighted by molar-refractivity contribution is 6.01. The van der Waals surface area contributed by atoms with E-state index in [9.17, 15) is 9.90 Å². The highest BCUT2D eigenvalue weighted by atomic mass is 16.3. The van der Waals surface area contributed by atoms with Crippen molar-refractivity contribution in [3.63, 3.8) is 0 Å². The summed E-state index contributed by atoms with van der Waals surface area (Å²) in [4.78, 5) is 11.8. The number of phenols is 1. The Labute approximate surface area is 140 Å². The summed E-state index contributed by atoms with van der Waals surface area (Å²) in [5.74, 6) is 0.108. The summed E-state index contributed by atoms with van der Waals surface area (Å²) in [6, 6.07) is 6.97. The van der Waals surface area contributed by atoms with Crippen LogP contribution in [0.1, 0.15) is 77.2 Å². The van der Waals surface area contributed by atoms with Crippen LogP contribution in [-0.2, 0) is 4.79 Å². The van der Waals surface area contributed by atoms with Crippen molar-refractivity contribution in [2.24, 2.45) is 5.10 Å². The molecule has 128 valence electrons. The molecule has 0 atom stereocenters. The van der Waals surface area contributed by atoms with Gasteiger partial charge in [-0.1, -0.05) is 64.0 Å². The number of unbranched alkanes of at least 4 members (excludes halogenated alkanes) is 7. The first kappa shape index (κ1) is 19.2. The second kappa shape index (κ2) is 11.7. The lowest BCUT2D eigenvalue weighted by Gasteiger charge is -2.05. The van der Waals surface area contributed by atoms with Crippen LogP contribution in [0.4, 0.5) is 0 Å². The molecule has 0 spiro atoms. The van der Waals surface area contributed by atoms with E-state index in [1.54, 1.807) is 25.1 Å². The number of para-hydroxylation sites is 1. The first-order valence-electron chi connectivity index (χ1n) is 8.76. The van der Waals surface area contributed by atoms with Gasteiger partial charge >= 0.3 is 0 Å². The van der Waals surface area contributed by atoms with E-state index >= 15 is 0 Å². The molecule has 4 heteroatoms. The molecule has 0 saturated carbocycles. The van der Waals surface area contributed by atoms with E-state index in [1.807, 2.05) is 6.07 Å². The minimum Gasteiger partial charge on any atom is -0.507 e. The van der Waals surface area contributed by atoms with Gasteiger partial charge < -0.3 is 5.11 Å². The van der Waals surface area contributed by atoms with Crippen LogP contribution in [0.2, 0.25) is 0 Å². The first-order chi connectivity index (χ1) is 11.1. The van der Waals surface area contributed by atoms with E-state index in [4.69, 9.17) is 0 Å². The predicted octanol–water partition coefficient (Wildman–Crippen LogP) is 4.76. The van der Waals surface area contributed by atoms with Gasteiger partial charge in [-0.15, -0.1) is 0 Å². The molecule has 0 radical (unpaired) electrons. The molecule has 0 aliphatic rings. The topological polar surface area (TPSA) is 61.7 Å². The van der Waals surface area contributed by atoms with Crippen molar-refractivity contribution in [3.8, 4) is 5.75 Å². The van der Waals surface area contributed by atoms with Crippen LogP contribution in [0.5, 0.6) is 5.75 Å². The van der Waals surface area contributed by atoms with Gasteiger partial charge in [0.25, 0.3) is 0 Å². The van der Waals surface area contributed by atoms with Crippen molar-refractivity contribution in [2.45, 2.75) is 71.6 Å². The quantitative estimate of drug-likeness (QED) is 0.351. The third-order valence-electron chi connectivity index (χ3n) is 3.90. The lowest BCUT2D eigenvalue weighted by Crippen LogP contribution is -2.18. The molecule has 23 heavy (non-hydrogen) atoms. The van der Waals surface area contributed by atoms with E-state index in [2.05, 4.69) is 17.5 Å². The number of aromatic hydroxyl groups is 1. The summed E-state index contributed by atoms with van der Waals surface area (Å²) in [5.41, 5.74) is 3.81. The van der Waals surface area contributed by atoms with Gasteiger partial charge in [0.1, 0.15) is 5.75 Å². The Morgan fingerprint density at radius 2 is 1.65 bits per heavy atom. The second-order valence-electron chi connectivity index (χ2n) is 5.97. The fourth-order valence-electron chi connectivity index (χ4n) is 2.46. The van der Waals surface area contributed by atoms with Gasteiger partial charge in [0.15, 0.2) is 0 Å². The number of carbonyl (C=O) groups excluding carboxylic acids is 1. The molecule has 2 N–H and O–H groups in total. The zero-order valence-corrected chi connectivity index (χ0v) is 14.5. The molecule has 1 aromatic rings. The number of benzene rings is 1. The number of amides is 1. The van der Waals surface area contributed by atoms with Crippen LogP contribution < -0.4 is 5.43 Å². The van der Waals surface area contributed by atoms with Crippen molar-refractivity contribution in [2.75, 3.05) is 0 Å². The smallest absolute Gasteiger partial charge is 0.240 e. The molecule has 0 unspecified atom stereocenters. The van der Waals surface area contributed by atoms with Gasteiger partial charge in [-0.25, -0.2) is 5.43 Å². The average Bonchev–Trinajstić information content (AvgIpc) is 2.55. The fraction of sp³-hybridized carbons (Fsp3) is 0.579. The maximum Gasteiger partial charge on any atom is 0.240 e. The third-order valence-corrected chi connectivity index (χ3v) is 3.90. The molecular formula is C19H30N2O2. The van der Waals surface area contributed by atoms with Gasteiger partial charge in [-0.2, -0.15) is 5.10 Å². The van der Waals surface area contributed by atoms with E-state index in [0.717, 1.165) is 12.8 Å². The Kier molecular flexibility index (Phi) is 9.76. The standard InChI is InChI=1S/C19H30N2O2/c1-3-4-5-6-7-8-9-10-15-19(23)21-20-16(2)17-13-11-12-14-18(17)22/h11-14,22H,3-10,15H2,1-2H3,(H,21,23). The number of carbonyl (C=O) groups is 1. The molecule has 0 aliphatic carbocycles. The zero-order chi connectivity index (χ0) is 16.9. The number of hydrogen-bond donors (Lipinski definition) is 2. The van der Waals surface area contributed by atoms with E-state index in [1.165, 1.54) is 38.5 Å². The molecule has 0 heterocycles. The van der Waals surface area contributed by atoms with Gasteiger partial charge in [0.05, 0.1) is 5.71 Å². The maximum atomic E-state index is 11.8. The molecule has 1 amide bonds. The normalized spacial score (nSPS) is 11.5. The molecule has 0 saturated heterocycles. The Hall–Kier alpha value is -1.84. The summed E-state index contributed by atoms with van der Waals surface area (Å²) in [6.45, 7) is 3.99. The Morgan fingerprint density at radius 1 is 1.04 bits per heavy atom. The summed E-state index contributed by atoms with van der Waals surface area (Å²) in [6.07, 6.45) is 10.2. The summed E-state index contributed by atoms with van der Waals surface area (Å²) < 4.78 is 0. The summed E-state index contributed by atoms with van der Waals surface area (Å²) in [7, 11) is 0. The molecule has 0 fully saturated rings. The number of rotatable bonds is 11. The van der Waals surface area contributed by atoms with Crippen molar-refractivity contribution in [3.05, 3.63) is 29.8 Å². The molecule has 0 aliphatic heterocycles. The van der Waals surface area contributed by atoms with Crippen LogP contribution in [0.25, 0.3) is 0 Å². The lowest BCUT2D eigenvalue weighted by molar-refractivity contribution is -0.121. The van der Waals surface area contributed by atoms with E-state index in [0.29, 0.717) is 17.7 Å². The number of hydrogen-bond acceptors (Lipinski definition) is 3. The average molecular weight is 318 g/mol. The van der Waals surface area contributed by atoms with E-state index in [-0.39, 0.29) is 11.7 Å². The molecule has 1 aromatic carbocycles. The SMILES string of the molecule is CCCCCCCCCCC(=O)NN=C(C)c1ccccc1O. The zero-order valence-electron chi connectivity index (χ0n) is 14.5. The second-order valence-corrected chi connectivity index (χ2v) is 5.97. The van der Waals surface area contributed by atoms with Gasteiger partial charge in [-0.3, -0.25) is 4.79 Å².